The Morgan fingerprint density at radius 3 is 2.93 bits per heavy atom. The van der Waals surface area contributed by atoms with Crippen molar-refractivity contribution in [2.75, 3.05) is 18.5 Å². The van der Waals surface area contributed by atoms with Gasteiger partial charge in [-0.05, 0) is 6.07 Å². The number of terminal acetylenes is 1. The van der Waals surface area contributed by atoms with Gasteiger partial charge < -0.3 is 14.4 Å². The van der Waals surface area contributed by atoms with Crippen LogP contribution in [0, 0.1) is 12.3 Å². The summed E-state index contributed by atoms with van der Waals surface area (Å²) in [5.74, 6) is 1.88. The number of nitrogens with zero attached hydrogens (tertiary/aromatic N) is 1. The average molecular weight is 193 g/mol. The van der Waals surface area contributed by atoms with Crippen LogP contribution in [0.2, 0.25) is 0 Å². The number of hydrogen-bond acceptors (Lipinski definition) is 3. The van der Waals surface area contributed by atoms with Gasteiger partial charge in [0.2, 0.25) is 5.76 Å². The van der Waals surface area contributed by atoms with Gasteiger partial charge >= 0.3 is 5.97 Å². The zero-order chi connectivity index (χ0) is 10.6. The van der Waals surface area contributed by atoms with Crippen molar-refractivity contribution in [3.05, 3.63) is 17.9 Å². The van der Waals surface area contributed by atoms with E-state index in [2.05, 4.69) is 5.92 Å². The molecule has 0 atom stereocenters. The highest BCUT2D eigenvalue weighted by Crippen LogP contribution is 2.17. The molecule has 4 nitrogen and oxygen atoms in total. The first-order valence-electron chi connectivity index (χ1n) is 4.13. The number of anilines is 1. The second-order valence-electron chi connectivity index (χ2n) is 2.82. The van der Waals surface area contributed by atoms with Crippen LogP contribution < -0.4 is 4.90 Å². The molecule has 0 saturated carbocycles. The van der Waals surface area contributed by atoms with Gasteiger partial charge in [0.05, 0.1) is 0 Å². The van der Waals surface area contributed by atoms with Crippen LogP contribution in [-0.2, 0) is 0 Å². The summed E-state index contributed by atoms with van der Waals surface area (Å²) in [6, 6.07) is 3.03. The molecule has 0 radical (unpaired) electrons. The molecule has 0 spiro atoms. The molecule has 0 amide bonds. The monoisotopic (exact) mass is 193 g/mol. The van der Waals surface area contributed by atoms with Gasteiger partial charge in [0.25, 0.3) is 0 Å². The van der Waals surface area contributed by atoms with Crippen LogP contribution in [0.5, 0.6) is 0 Å². The van der Waals surface area contributed by atoms with E-state index in [4.69, 9.17) is 15.9 Å². The minimum atomic E-state index is -1.07. The molecular formula is C10H11NO3. The van der Waals surface area contributed by atoms with Crippen LogP contribution in [0.25, 0.3) is 0 Å². The van der Waals surface area contributed by atoms with E-state index in [-0.39, 0.29) is 5.76 Å². The van der Waals surface area contributed by atoms with Gasteiger partial charge in [-0.3, -0.25) is 0 Å². The quantitative estimate of drug-likeness (QED) is 0.735. The van der Waals surface area contributed by atoms with Crippen molar-refractivity contribution in [3.8, 4) is 12.3 Å². The number of carbonyl (C=O) groups is 1. The molecule has 1 aromatic rings. The largest absolute Gasteiger partial charge is 0.475 e. The van der Waals surface area contributed by atoms with E-state index in [1.807, 2.05) is 0 Å². The van der Waals surface area contributed by atoms with Gasteiger partial charge in [-0.1, -0.05) is 0 Å². The molecule has 74 valence electrons. The molecule has 0 fully saturated rings. The lowest BCUT2D eigenvalue weighted by Gasteiger charge is -2.13. The summed E-state index contributed by atoms with van der Waals surface area (Å²) < 4.78 is 5.06. The van der Waals surface area contributed by atoms with Crippen LogP contribution >= 0.6 is 0 Å². The Morgan fingerprint density at radius 1 is 1.71 bits per heavy atom. The third-order valence-electron chi connectivity index (χ3n) is 1.77. The van der Waals surface area contributed by atoms with Crippen LogP contribution in [0.15, 0.2) is 16.5 Å². The fraction of sp³-hybridized carbons (Fsp3) is 0.300. The predicted octanol–water partition coefficient (Wildman–Crippen LogP) is 1.44. The molecule has 0 bridgehead atoms. The normalized spacial score (nSPS) is 9.43. The van der Waals surface area contributed by atoms with Crippen molar-refractivity contribution in [2.45, 2.75) is 6.42 Å². The summed E-state index contributed by atoms with van der Waals surface area (Å²) in [6.07, 6.45) is 5.70. The van der Waals surface area contributed by atoms with Crippen LogP contribution in [0.1, 0.15) is 17.0 Å². The van der Waals surface area contributed by atoms with Crippen molar-refractivity contribution in [2.24, 2.45) is 0 Å². The molecule has 1 aromatic heterocycles. The summed E-state index contributed by atoms with van der Waals surface area (Å²) in [6.45, 7) is 0.642. The third-order valence-corrected chi connectivity index (χ3v) is 1.77. The fourth-order valence-electron chi connectivity index (χ4n) is 0.990. The highest BCUT2D eigenvalue weighted by molar-refractivity contribution is 5.84. The van der Waals surface area contributed by atoms with Gasteiger partial charge in [0.15, 0.2) is 5.88 Å². The highest BCUT2D eigenvalue weighted by atomic mass is 16.4. The number of rotatable bonds is 4. The molecule has 1 rings (SSSR count). The van der Waals surface area contributed by atoms with Crippen molar-refractivity contribution in [3.63, 3.8) is 0 Å². The van der Waals surface area contributed by atoms with Gasteiger partial charge in [-0.15, -0.1) is 12.3 Å². The molecular weight excluding hydrogens is 182 g/mol. The Hall–Kier alpha value is -1.89. The molecule has 4 heteroatoms. The Morgan fingerprint density at radius 2 is 2.43 bits per heavy atom. The molecule has 0 unspecified atom stereocenters. The maximum atomic E-state index is 10.5. The first-order valence-corrected chi connectivity index (χ1v) is 4.13. The summed E-state index contributed by atoms with van der Waals surface area (Å²) in [5, 5.41) is 8.61. The lowest BCUT2D eigenvalue weighted by atomic mass is 10.4. The Balaban J connectivity index is 2.67. The van der Waals surface area contributed by atoms with Crippen LogP contribution in [0.4, 0.5) is 5.88 Å². The average Bonchev–Trinajstić information content (AvgIpc) is 2.62. The fourth-order valence-corrected chi connectivity index (χ4v) is 0.990. The molecule has 1 N–H and O–H groups in total. The standard InChI is InChI=1S/C10H11NO3/c1-3-4-7-11(2)9-6-5-8(14-9)10(12)13/h1,5-6H,4,7H2,2H3,(H,12,13). The van der Waals surface area contributed by atoms with Crippen molar-refractivity contribution >= 4 is 11.9 Å². The minimum Gasteiger partial charge on any atom is -0.475 e. The Bertz CT molecular complexity index is 362. The van der Waals surface area contributed by atoms with Gasteiger partial charge in [0, 0.05) is 26.1 Å². The zero-order valence-corrected chi connectivity index (χ0v) is 7.86. The van der Waals surface area contributed by atoms with Gasteiger partial charge in [-0.2, -0.15) is 0 Å². The second kappa shape index (κ2) is 4.38. The number of furan rings is 1. The first kappa shape index (κ1) is 10.2. The molecule has 0 aliphatic rings. The van der Waals surface area contributed by atoms with E-state index in [1.165, 1.54) is 6.07 Å². The van der Waals surface area contributed by atoms with Crippen LogP contribution in [0.3, 0.4) is 0 Å². The van der Waals surface area contributed by atoms with E-state index >= 15 is 0 Å². The topological polar surface area (TPSA) is 53.7 Å². The smallest absolute Gasteiger partial charge is 0.371 e. The van der Waals surface area contributed by atoms with E-state index in [0.29, 0.717) is 18.8 Å². The summed E-state index contributed by atoms with van der Waals surface area (Å²) in [7, 11) is 1.79. The Labute approximate surface area is 82.1 Å². The summed E-state index contributed by atoms with van der Waals surface area (Å²) in [4.78, 5) is 12.3. The number of carboxylic acid groups (broad SMARTS) is 1. The molecule has 14 heavy (non-hydrogen) atoms. The SMILES string of the molecule is C#CCCN(C)c1ccc(C(=O)O)o1. The van der Waals surface area contributed by atoms with E-state index in [0.717, 1.165) is 0 Å². The first-order chi connectivity index (χ1) is 6.65. The van der Waals surface area contributed by atoms with Gasteiger partial charge in [-0.25, -0.2) is 4.79 Å². The number of aromatic carboxylic acids is 1. The van der Waals surface area contributed by atoms with E-state index in [1.54, 1.807) is 18.0 Å². The molecule has 0 aliphatic heterocycles. The molecule has 1 heterocycles. The van der Waals surface area contributed by atoms with Crippen molar-refractivity contribution < 1.29 is 14.3 Å². The molecule has 0 aromatic carbocycles. The maximum Gasteiger partial charge on any atom is 0.371 e. The predicted molar refractivity (Wildman–Crippen MR) is 52.4 cm³/mol. The maximum absolute atomic E-state index is 10.5. The van der Waals surface area contributed by atoms with E-state index in [9.17, 15) is 4.79 Å². The second-order valence-corrected chi connectivity index (χ2v) is 2.82. The van der Waals surface area contributed by atoms with Gasteiger partial charge in [0.1, 0.15) is 0 Å². The lowest BCUT2D eigenvalue weighted by Crippen LogP contribution is -2.17. The lowest BCUT2D eigenvalue weighted by molar-refractivity contribution is 0.0663. The molecule has 0 aliphatic carbocycles. The van der Waals surface area contributed by atoms with E-state index < -0.39 is 5.97 Å². The third kappa shape index (κ3) is 2.30. The number of hydrogen-bond donors (Lipinski definition) is 1. The Kier molecular flexibility index (Phi) is 3.19. The summed E-state index contributed by atoms with van der Waals surface area (Å²) in [5.41, 5.74) is 0. The number of carboxylic acids is 1. The van der Waals surface area contributed by atoms with Crippen molar-refractivity contribution in [1.29, 1.82) is 0 Å². The molecule has 0 saturated heterocycles. The van der Waals surface area contributed by atoms with Crippen molar-refractivity contribution in [1.82, 2.24) is 0 Å². The minimum absolute atomic E-state index is 0.0624. The van der Waals surface area contributed by atoms with Crippen LogP contribution in [-0.4, -0.2) is 24.7 Å². The zero-order valence-electron chi connectivity index (χ0n) is 7.86. The highest BCUT2D eigenvalue weighted by Gasteiger charge is 2.10. The summed E-state index contributed by atoms with van der Waals surface area (Å²) >= 11 is 0.